The van der Waals surface area contributed by atoms with Crippen LogP contribution in [0.1, 0.15) is 31.5 Å². The fraction of sp³-hybridized carbons (Fsp3) is 0.583. The van der Waals surface area contributed by atoms with Gasteiger partial charge >= 0.3 is 0 Å². The van der Waals surface area contributed by atoms with Crippen LogP contribution >= 0.6 is 11.8 Å². The lowest BCUT2D eigenvalue weighted by atomic mass is 10.4. The highest BCUT2D eigenvalue weighted by Gasteiger charge is 2.14. The van der Waals surface area contributed by atoms with Gasteiger partial charge in [0, 0.05) is 37.7 Å². The van der Waals surface area contributed by atoms with Crippen molar-refractivity contribution in [3.8, 4) is 0 Å². The maximum atomic E-state index is 5.68. The first-order chi connectivity index (χ1) is 9.13. The zero-order valence-corrected chi connectivity index (χ0v) is 12.4. The molecule has 19 heavy (non-hydrogen) atoms. The summed E-state index contributed by atoms with van der Waals surface area (Å²) in [6.07, 6.45) is 4.70. The van der Waals surface area contributed by atoms with Gasteiger partial charge in [0.05, 0.1) is 6.54 Å². The van der Waals surface area contributed by atoms with E-state index < -0.39 is 0 Å². The molecule has 0 aromatic carbocycles. The molecule has 6 nitrogen and oxygen atoms in total. The second kappa shape index (κ2) is 6.21. The summed E-state index contributed by atoms with van der Waals surface area (Å²) in [5.41, 5.74) is 5.68. The van der Waals surface area contributed by atoms with Crippen molar-refractivity contribution in [1.82, 2.24) is 24.3 Å². The Bertz CT molecular complexity index is 530. The van der Waals surface area contributed by atoms with Crippen LogP contribution in [0.4, 0.5) is 0 Å². The molecule has 0 atom stereocenters. The zero-order valence-electron chi connectivity index (χ0n) is 11.6. The first kappa shape index (κ1) is 14.1. The molecule has 0 saturated heterocycles. The summed E-state index contributed by atoms with van der Waals surface area (Å²) in [7, 11) is 2.01. The van der Waals surface area contributed by atoms with E-state index in [-0.39, 0.29) is 0 Å². The van der Waals surface area contributed by atoms with Gasteiger partial charge in [0.15, 0.2) is 5.16 Å². The average Bonchev–Trinajstić information content (AvgIpc) is 2.96. The molecule has 0 saturated carbocycles. The van der Waals surface area contributed by atoms with E-state index in [2.05, 4.69) is 33.6 Å². The van der Waals surface area contributed by atoms with E-state index in [1.54, 1.807) is 11.8 Å². The lowest BCUT2D eigenvalue weighted by molar-refractivity contribution is 0.526. The Hall–Kier alpha value is -1.34. The van der Waals surface area contributed by atoms with E-state index in [1.165, 1.54) is 0 Å². The van der Waals surface area contributed by atoms with Gasteiger partial charge in [-0.2, -0.15) is 0 Å². The molecular weight excluding hydrogens is 260 g/mol. The van der Waals surface area contributed by atoms with Crippen molar-refractivity contribution in [2.45, 2.75) is 38.0 Å². The highest BCUT2D eigenvalue weighted by atomic mass is 32.2. The summed E-state index contributed by atoms with van der Waals surface area (Å²) in [4.78, 5) is 4.31. The van der Waals surface area contributed by atoms with Crippen LogP contribution in [0.2, 0.25) is 0 Å². The zero-order chi connectivity index (χ0) is 13.8. The minimum atomic E-state index is 0.323. The molecule has 7 heteroatoms. The number of nitrogens with two attached hydrogens (primary N) is 1. The summed E-state index contributed by atoms with van der Waals surface area (Å²) in [6.45, 7) is 4.65. The van der Waals surface area contributed by atoms with Crippen LogP contribution in [0.25, 0.3) is 0 Å². The molecule has 0 radical (unpaired) electrons. The van der Waals surface area contributed by atoms with Gasteiger partial charge in [-0.15, -0.1) is 10.2 Å². The Kier molecular flexibility index (Phi) is 4.60. The predicted octanol–water partition coefficient (Wildman–Crippen LogP) is 1.39. The number of aryl methyl sites for hydroxylation is 2. The van der Waals surface area contributed by atoms with Crippen molar-refractivity contribution < 1.29 is 0 Å². The molecule has 0 unspecified atom stereocenters. The van der Waals surface area contributed by atoms with Crippen molar-refractivity contribution in [1.29, 1.82) is 0 Å². The lowest BCUT2D eigenvalue weighted by Gasteiger charge is -2.12. The summed E-state index contributed by atoms with van der Waals surface area (Å²) in [6, 6.07) is 0.323. The number of aromatic nitrogens is 5. The third kappa shape index (κ3) is 3.16. The van der Waals surface area contributed by atoms with Gasteiger partial charge in [-0.05, 0) is 13.8 Å². The van der Waals surface area contributed by atoms with Gasteiger partial charge in [0.2, 0.25) is 0 Å². The van der Waals surface area contributed by atoms with Gasteiger partial charge in [0.25, 0.3) is 0 Å². The van der Waals surface area contributed by atoms with Crippen LogP contribution in [0, 0.1) is 0 Å². The van der Waals surface area contributed by atoms with Gasteiger partial charge in [-0.3, -0.25) is 0 Å². The summed E-state index contributed by atoms with van der Waals surface area (Å²) in [5, 5.41) is 9.29. The minimum absolute atomic E-state index is 0.323. The van der Waals surface area contributed by atoms with Crippen molar-refractivity contribution in [2.75, 3.05) is 5.75 Å². The Labute approximate surface area is 117 Å². The largest absolute Gasteiger partial charge is 0.338 e. The van der Waals surface area contributed by atoms with Crippen molar-refractivity contribution in [3.63, 3.8) is 0 Å². The van der Waals surface area contributed by atoms with E-state index in [9.17, 15) is 0 Å². The normalized spacial score (nSPS) is 11.4. The topological polar surface area (TPSA) is 74.6 Å². The average molecular weight is 280 g/mol. The molecule has 104 valence electrons. The smallest absolute Gasteiger partial charge is 0.191 e. The minimum Gasteiger partial charge on any atom is -0.338 e. The molecule has 2 N–H and O–H groups in total. The van der Waals surface area contributed by atoms with Gasteiger partial charge in [-0.25, -0.2) is 4.98 Å². The molecular formula is C12H20N6S. The van der Waals surface area contributed by atoms with Crippen molar-refractivity contribution in [2.24, 2.45) is 12.8 Å². The van der Waals surface area contributed by atoms with Crippen LogP contribution in [0.15, 0.2) is 17.6 Å². The van der Waals surface area contributed by atoms with Crippen molar-refractivity contribution >= 4 is 11.8 Å². The molecule has 2 rings (SSSR count). The molecule has 0 fully saturated rings. The Morgan fingerprint density at radius 1 is 1.32 bits per heavy atom. The van der Waals surface area contributed by atoms with Crippen LogP contribution in [-0.4, -0.2) is 30.1 Å². The number of hydrogen-bond acceptors (Lipinski definition) is 5. The molecule has 0 amide bonds. The van der Waals surface area contributed by atoms with Crippen LogP contribution < -0.4 is 5.73 Å². The van der Waals surface area contributed by atoms with Gasteiger partial charge < -0.3 is 14.9 Å². The Morgan fingerprint density at radius 2 is 2.11 bits per heavy atom. The Balaban J connectivity index is 2.00. The molecule has 0 aliphatic carbocycles. The summed E-state index contributed by atoms with van der Waals surface area (Å²) in [5.74, 6) is 2.86. The van der Waals surface area contributed by atoms with Crippen molar-refractivity contribution in [3.05, 3.63) is 24.0 Å². The molecule has 0 spiro atoms. The molecule has 2 heterocycles. The third-order valence-corrected chi connectivity index (χ3v) is 3.86. The predicted molar refractivity (Wildman–Crippen MR) is 75.9 cm³/mol. The monoisotopic (exact) mass is 280 g/mol. The SMILES string of the molecule is CC(C)n1c(CN)nnc1SCCc1nccn1C. The van der Waals surface area contributed by atoms with E-state index in [0.717, 1.165) is 29.0 Å². The fourth-order valence-corrected chi connectivity index (χ4v) is 2.96. The maximum Gasteiger partial charge on any atom is 0.191 e. The number of thioether (sulfide) groups is 1. The highest BCUT2D eigenvalue weighted by Crippen LogP contribution is 2.22. The summed E-state index contributed by atoms with van der Waals surface area (Å²) >= 11 is 1.70. The fourth-order valence-electron chi connectivity index (χ4n) is 1.93. The first-order valence-electron chi connectivity index (χ1n) is 6.36. The van der Waals surface area contributed by atoms with Crippen LogP contribution in [0.3, 0.4) is 0 Å². The maximum absolute atomic E-state index is 5.68. The standard InChI is InChI=1S/C12H20N6S/c1-9(2)18-11(8-13)15-16-12(18)19-7-4-10-14-5-6-17(10)3/h5-6,9H,4,7-8,13H2,1-3H3. The highest BCUT2D eigenvalue weighted by molar-refractivity contribution is 7.99. The molecule has 0 bridgehead atoms. The molecule has 2 aromatic rings. The second-order valence-electron chi connectivity index (χ2n) is 4.62. The van der Waals surface area contributed by atoms with Crippen LogP contribution in [0.5, 0.6) is 0 Å². The first-order valence-corrected chi connectivity index (χ1v) is 7.35. The third-order valence-electron chi connectivity index (χ3n) is 2.91. The van der Waals surface area contributed by atoms with E-state index in [0.29, 0.717) is 12.6 Å². The van der Waals surface area contributed by atoms with Gasteiger partial charge in [-0.1, -0.05) is 11.8 Å². The Morgan fingerprint density at radius 3 is 2.68 bits per heavy atom. The lowest BCUT2D eigenvalue weighted by Crippen LogP contribution is -2.11. The molecule has 0 aliphatic heterocycles. The summed E-state index contributed by atoms with van der Waals surface area (Å²) < 4.78 is 4.14. The van der Waals surface area contributed by atoms with Crippen LogP contribution in [-0.2, 0) is 20.0 Å². The number of hydrogen-bond donors (Lipinski definition) is 1. The molecule has 2 aromatic heterocycles. The second-order valence-corrected chi connectivity index (χ2v) is 5.68. The number of rotatable bonds is 6. The van der Waals surface area contributed by atoms with E-state index >= 15 is 0 Å². The number of nitrogens with zero attached hydrogens (tertiary/aromatic N) is 5. The van der Waals surface area contributed by atoms with Gasteiger partial charge in [0.1, 0.15) is 11.6 Å². The number of imidazole rings is 1. The molecule has 0 aliphatic rings. The van der Waals surface area contributed by atoms with E-state index in [1.807, 2.05) is 24.0 Å². The van der Waals surface area contributed by atoms with E-state index in [4.69, 9.17) is 5.73 Å². The quantitative estimate of drug-likeness (QED) is 0.809.